The lowest BCUT2D eigenvalue weighted by molar-refractivity contribution is 0.0742. The second kappa shape index (κ2) is 5.87. The Bertz CT molecular complexity index is 424. The Kier molecular flexibility index (Phi) is 4.20. The van der Waals surface area contributed by atoms with Gasteiger partial charge < -0.3 is 15.0 Å². The standard InChI is InChI=1S/C14H20N2O2/c1-11-4-5-12(13(10-11)15-2)14(17)16-6-3-8-18-9-7-16/h4-5,10,15H,3,6-9H2,1-2H3. The first-order chi connectivity index (χ1) is 8.72. The third-order valence-corrected chi connectivity index (χ3v) is 3.18. The number of anilines is 1. The fourth-order valence-electron chi connectivity index (χ4n) is 2.17. The molecule has 1 aliphatic heterocycles. The summed E-state index contributed by atoms with van der Waals surface area (Å²) in [6.07, 6.45) is 0.909. The van der Waals surface area contributed by atoms with Gasteiger partial charge in [0.2, 0.25) is 0 Å². The van der Waals surface area contributed by atoms with Crippen LogP contribution in [0.15, 0.2) is 18.2 Å². The minimum atomic E-state index is 0.0878. The zero-order valence-corrected chi connectivity index (χ0v) is 11.0. The Morgan fingerprint density at radius 1 is 1.33 bits per heavy atom. The molecule has 0 saturated carbocycles. The largest absolute Gasteiger partial charge is 0.387 e. The van der Waals surface area contributed by atoms with Gasteiger partial charge in [0.1, 0.15) is 0 Å². The summed E-state index contributed by atoms with van der Waals surface area (Å²) in [5.74, 6) is 0.0878. The van der Waals surface area contributed by atoms with Crippen molar-refractivity contribution in [3.05, 3.63) is 29.3 Å². The van der Waals surface area contributed by atoms with Crippen molar-refractivity contribution in [2.24, 2.45) is 0 Å². The average molecular weight is 248 g/mol. The highest BCUT2D eigenvalue weighted by Gasteiger charge is 2.19. The summed E-state index contributed by atoms with van der Waals surface area (Å²) in [5, 5.41) is 3.09. The summed E-state index contributed by atoms with van der Waals surface area (Å²) in [4.78, 5) is 14.3. The fraction of sp³-hybridized carbons (Fsp3) is 0.500. The van der Waals surface area contributed by atoms with Crippen LogP contribution in [0.4, 0.5) is 5.69 Å². The SMILES string of the molecule is CNc1cc(C)ccc1C(=O)N1CCCOCC1. The summed E-state index contributed by atoms with van der Waals surface area (Å²) in [6, 6.07) is 5.87. The molecule has 1 aromatic rings. The number of ether oxygens (including phenoxy) is 1. The van der Waals surface area contributed by atoms with Gasteiger partial charge in [-0.1, -0.05) is 6.07 Å². The molecule has 0 aromatic heterocycles. The van der Waals surface area contributed by atoms with Gasteiger partial charge in [-0.2, -0.15) is 0 Å². The van der Waals surface area contributed by atoms with E-state index in [1.54, 1.807) is 0 Å². The van der Waals surface area contributed by atoms with E-state index in [-0.39, 0.29) is 5.91 Å². The molecule has 0 aliphatic carbocycles. The molecule has 1 aromatic carbocycles. The molecule has 1 heterocycles. The Hall–Kier alpha value is -1.55. The molecule has 1 aliphatic rings. The third-order valence-electron chi connectivity index (χ3n) is 3.18. The number of rotatable bonds is 2. The molecule has 1 fully saturated rings. The van der Waals surface area contributed by atoms with Gasteiger partial charge in [0.05, 0.1) is 12.2 Å². The summed E-state index contributed by atoms with van der Waals surface area (Å²) >= 11 is 0. The van der Waals surface area contributed by atoms with Crippen LogP contribution in [-0.4, -0.2) is 44.2 Å². The molecule has 1 saturated heterocycles. The zero-order chi connectivity index (χ0) is 13.0. The van der Waals surface area contributed by atoms with Crippen molar-refractivity contribution in [3.63, 3.8) is 0 Å². The van der Waals surface area contributed by atoms with Gasteiger partial charge >= 0.3 is 0 Å². The number of nitrogens with one attached hydrogen (secondary N) is 1. The van der Waals surface area contributed by atoms with Crippen molar-refractivity contribution < 1.29 is 9.53 Å². The molecule has 0 atom stereocenters. The molecule has 1 amide bonds. The van der Waals surface area contributed by atoms with Crippen molar-refractivity contribution in [2.75, 3.05) is 38.7 Å². The fourth-order valence-corrected chi connectivity index (χ4v) is 2.17. The van der Waals surface area contributed by atoms with Crippen molar-refractivity contribution in [3.8, 4) is 0 Å². The molecule has 0 bridgehead atoms. The van der Waals surface area contributed by atoms with E-state index >= 15 is 0 Å². The maximum absolute atomic E-state index is 12.5. The van der Waals surface area contributed by atoms with Crippen molar-refractivity contribution >= 4 is 11.6 Å². The number of benzene rings is 1. The Labute approximate surface area is 108 Å². The van der Waals surface area contributed by atoms with Crippen LogP contribution in [0.3, 0.4) is 0 Å². The number of hydrogen-bond acceptors (Lipinski definition) is 3. The van der Waals surface area contributed by atoms with Crippen LogP contribution < -0.4 is 5.32 Å². The van der Waals surface area contributed by atoms with E-state index in [1.807, 2.05) is 37.1 Å². The number of carbonyl (C=O) groups excluding carboxylic acids is 1. The number of amides is 1. The van der Waals surface area contributed by atoms with Crippen molar-refractivity contribution in [1.82, 2.24) is 4.90 Å². The van der Waals surface area contributed by atoms with Gasteiger partial charge in [0.25, 0.3) is 5.91 Å². The summed E-state index contributed by atoms with van der Waals surface area (Å²) in [5.41, 5.74) is 2.78. The van der Waals surface area contributed by atoms with Gasteiger partial charge in [-0.15, -0.1) is 0 Å². The number of nitrogens with zero attached hydrogens (tertiary/aromatic N) is 1. The molecule has 0 spiro atoms. The maximum Gasteiger partial charge on any atom is 0.256 e. The molecule has 0 unspecified atom stereocenters. The van der Waals surface area contributed by atoms with Crippen LogP contribution in [0.1, 0.15) is 22.3 Å². The van der Waals surface area contributed by atoms with E-state index < -0.39 is 0 Å². The first-order valence-electron chi connectivity index (χ1n) is 6.38. The summed E-state index contributed by atoms with van der Waals surface area (Å²) in [7, 11) is 1.84. The Morgan fingerprint density at radius 3 is 2.94 bits per heavy atom. The van der Waals surface area contributed by atoms with Crippen molar-refractivity contribution in [1.29, 1.82) is 0 Å². The van der Waals surface area contributed by atoms with Gasteiger partial charge in [-0.3, -0.25) is 4.79 Å². The van der Waals surface area contributed by atoms with Gasteiger partial charge in [-0.05, 0) is 31.0 Å². The predicted octanol–water partition coefficient (Wildman–Crippen LogP) is 1.90. The molecule has 1 N–H and O–H groups in total. The number of aryl methyl sites for hydroxylation is 1. The van der Waals surface area contributed by atoms with Gasteiger partial charge in [-0.25, -0.2) is 0 Å². The van der Waals surface area contributed by atoms with E-state index in [9.17, 15) is 4.79 Å². The number of hydrogen-bond donors (Lipinski definition) is 1. The lowest BCUT2D eigenvalue weighted by atomic mass is 10.1. The first kappa shape index (κ1) is 12.9. The molecule has 4 heteroatoms. The normalized spacial score (nSPS) is 16.2. The van der Waals surface area contributed by atoms with E-state index in [2.05, 4.69) is 5.32 Å². The second-order valence-electron chi connectivity index (χ2n) is 4.56. The first-order valence-corrected chi connectivity index (χ1v) is 6.38. The highest BCUT2D eigenvalue weighted by molar-refractivity contribution is 5.99. The average Bonchev–Trinajstić information content (AvgIpc) is 2.66. The van der Waals surface area contributed by atoms with E-state index in [4.69, 9.17) is 4.74 Å². The number of carbonyl (C=O) groups is 1. The minimum Gasteiger partial charge on any atom is -0.387 e. The highest BCUT2D eigenvalue weighted by atomic mass is 16.5. The quantitative estimate of drug-likeness (QED) is 0.869. The molecular formula is C14H20N2O2. The topological polar surface area (TPSA) is 41.6 Å². The molecule has 0 radical (unpaired) electrons. The second-order valence-corrected chi connectivity index (χ2v) is 4.56. The van der Waals surface area contributed by atoms with Crippen LogP contribution >= 0.6 is 0 Å². The Balaban J connectivity index is 2.21. The lowest BCUT2D eigenvalue weighted by Gasteiger charge is -2.21. The zero-order valence-electron chi connectivity index (χ0n) is 11.0. The molecular weight excluding hydrogens is 228 g/mol. The third kappa shape index (κ3) is 2.82. The molecule has 4 nitrogen and oxygen atoms in total. The van der Waals surface area contributed by atoms with E-state index in [1.165, 1.54) is 0 Å². The van der Waals surface area contributed by atoms with Crippen molar-refractivity contribution in [2.45, 2.75) is 13.3 Å². The lowest BCUT2D eigenvalue weighted by Crippen LogP contribution is -2.33. The minimum absolute atomic E-state index is 0.0878. The molecule has 18 heavy (non-hydrogen) atoms. The molecule has 2 rings (SSSR count). The van der Waals surface area contributed by atoms with Crippen LogP contribution in [0.2, 0.25) is 0 Å². The monoisotopic (exact) mass is 248 g/mol. The maximum atomic E-state index is 12.5. The summed E-state index contributed by atoms with van der Waals surface area (Å²) in [6.45, 7) is 4.85. The molecule has 98 valence electrons. The van der Waals surface area contributed by atoms with Crippen LogP contribution in [0.25, 0.3) is 0 Å². The highest BCUT2D eigenvalue weighted by Crippen LogP contribution is 2.19. The Morgan fingerprint density at radius 2 is 2.17 bits per heavy atom. The van der Waals surface area contributed by atoms with E-state index in [0.29, 0.717) is 13.2 Å². The van der Waals surface area contributed by atoms with Crippen LogP contribution in [0.5, 0.6) is 0 Å². The summed E-state index contributed by atoms with van der Waals surface area (Å²) < 4.78 is 5.38. The van der Waals surface area contributed by atoms with Gasteiger partial charge in [0.15, 0.2) is 0 Å². The van der Waals surface area contributed by atoms with E-state index in [0.717, 1.165) is 36.4 Å². The van der Waals surface area contributed by atoms with Crippen LogP contribution in [0, 0.1) is 6.92 Å². The smallest absolute Gasteiger partial charge is 0.256 e. The predicted molar refractivity (Wildman–Crippen MR) is 72.1 cm³/mol. The van der Waals surface area contributed by atoms with Gasteiger partial charge in [0, 0.05) is 32.4 Å². The van der Waals surface area contributed by atoms with Crippen LogP contribution in [-0.2, 0) is 4.74 Å².